The summed E-state index contributed by atoms with van der Waals surface area (Å²) in [6, 6.07) is 6.19. The van der Waals surface area contributed by atoms with Crippen LogP contribution in [0.15, 0.2) is 49.6 Å². The van der Waals surface area contributed by atoms with Gasteiger partial charge < -0.3 is 19.8 Å². The zero-order valence-corrected chi connectivity index (χ0v) is 27.2. The summed E-state index contributed by atoms with van der Waals surface area (Å²) < 4.78 is 0.423. The first kappa shape index (κ1) is 32.2. The molecule has 4 heterocycles. The van der Waals surface area contributed by atoms with Gasteiger partial charge in [-0.2, -0.15) is 0 Å². The third-order valence-electron chi connectivity index (χ3n) is 9.60. The predicted molar refractivity (Wildman–Crippen MR) is 172 cm³/mol. The fourth-order valence-electron chi connectivity index (χ4n) is 7.88. The SMILES string of the molecule is C=CCN(Cn1nnc2ccccc21)C(=O)C1N([C@@H](CO)CC(C)C)C(=O)[C@@H]2[C@H](C(=O)N(CC=C)CCC)[C@]3(C)CCC12S3. The minimum absolute atomic E-state index is 0.0452. The zero-order valence-electron chi connectivity index (χ0n) is 26.4. The first-order valence-electron chi connectivity index (χ1n) is 15.8. The largest absolute Gasteiger partial charge is 0.394 e. The molecule has 11 heteroatoms. The molecule has 0 radical (unpaired) electrons. The number of hydrogen-bond acceptors (Lipinski definition) is 7. The predicted octanol–water partition coefficient (Wildman–Crippen LogP) is 3.72. The van der Waals surface area contributed by atoms with E-state index in [-0.39, 0.29) is 43.5 Å². The number of rotatable bonds is 14. The number of aliphatic hydroxyl groups excluding tert-OH is 1. The van der Waals surface area contributed by atoms with E-state index >= 15 is 0 Å². The number of aromatic nitrogens is 3. The molecule has 3 aliphatic heterocycles. The Morgan fingerprint density at radius 2 is 1.86 bits per heavy atom. The number of fused-ring (bicyclic) bond motifs is 2. The quantitative estimate of drug-likeness (QED) is 0.320. The summed E-state index contributed by atoms with van der Waals surface area (Å²) in [5.41, 5.74) is 1.52. The van der Waals surface area contributed by atoms with Crippen molar-refractivity contribution in [1.82, 2.24) is 29.7 Å². The molecule has 1 aromatic heterocycles. The summed E-state index contributed by atoms with van der Waals surface area (Å²) in [6.07, 6.45) is 6.12. The highest BCUT2D eigenvalue weighted by Crippen LogP contribution is 2.72. The number of thioether (sulfide) groups is 1. The van der Waals surface area contributed by atoms with E-state index in [1.54, 1.807) is 38.4 Å². The van der Waals surface area contributed by atoms with Gasteiger partial charge >= 0.3 is 0 Å². The summed E-state index contributed by atoms with van der Waals surface area (Å²) in [5, 5.41) is 19.2. The molecule has 0 saturated carbocycles. The van der Waals surface area contributed by atoms with E-state index in [2.05, 4.69) is 30.4 Å². The normalized spacial score (nSPS) is 28.0. The van der Waals surface area contributed by atoms with Gasteiger partial charge in [-0.1, -0.05) is 50.3 Å². The summed E-state index contributed by atoms with van der Waals surface area (Å²) in [5.74, 6) is -1.50. The number of amides is 3. The molecule has 3 amide bonds. The lowest BCUT2D eigenvalue weighted by Gasteiger charge is -2.40. The van der Waals surface area contributed by atoms with Crippen molar-refractivity contribution in [3.63, 3.8) is 0 Å². The van der Waals surface area contributed by atoms with Crippen LogP contribution in [0.5, 0.6) is 0 Å². The van der Waals surface area contributed by atoms with E-state index < -0.39 is 33.4 Å². The number of para-hydroxylation sites is 1. The van der Waals surface area contributed by atoms with E-state index in [4.69, 9.17) is 0 Å². The Kier molecular flexibility index (Phi) is 9.28. The van der Waals surface area contributed by atoms with Gasteiger partial charge in [-0.3, -0.25) is 14.4 Å². The topological polar surface area (TPSA) is 112 Å². The maximum atomic E-state index is 14.9. The highest BCUT2D eigenvalue weighted by molar-refractivity contribution is 8.02. The molecule has 2 unspecified atom stereocenters. The van der Waals surface area contributed by atoms with Crippen LogP contribution < -0.4 is 0 Å². The zero-order chi connectivity index (χ0) is 31.8. The van der Waals surface area contributed by atoms with Gasteiger partial charge in [0, 0.05) is 24.4 Å². The lowest BCUT2D eigenvalue weighted by atomic mass is 9.66. The monoisotopic (exact) mass is 622 g/mol. The molecule has 3 fully saturated rings. The number of likely N-dealkylation sites (tertiary alicyclic amines) is 1. The summed E-state index contributed by atoms with van der Waals surface area (Å²) in [6.45, 7) is 17.1. The van der Waals surface area contributed by atoms with Crippen LogP contribution in [0.4, 0.5) is 0 Å². The van der Waals surface area contributed by atoms with Crippen molar-refractivity contribution < 1.29 is 19.5 Å². The highest BCUT2D eigenvalue weighted by Gasteiger charge is 2.78. The molecule has 1 spiro atoms. The molecular formula is C33H46N6O4S. The first-order chi connectivity index (χ1) is 21.1. The average Bonchev–Trinajstić information content (AvgIpc) is 3.70. The summed E-state index contributed by atoms with van der Waals surface area (Å²) in [7, 11) is 0. The molecule has 5 rings (SSSR count). The van der Waals surface area contributed by atoms with Crippen LogP contribution in [-0.4, -0.2) is 100 Å². The number of nitrogens with zero attached hydrogens (tertiary/aromatic N) is 6. The Balaban J connectivity index is 1.59. The van der Waals surface area contributed by atoms with Crippen molar-refractivity contribution in [3.05, 3.63) is 49.6 Å². The van der Waals surface area contributed by atoms with Gasteiger partial charge in [-0.05, 0) is 50.7 Å². The lowest BCUT2D eigenvalue weighted by Crippen LogP contribution is -2.57. The molecule has 238 valence electrons. The standard InChI is InChI=1S/C33H46N6O4S/c1-7-16-36(17-8-2)29(41)26-27-30(42)39(23(20-40)19-22(4)5)28(33(27)15-14-32(26,6)44-33)31(43)37(18-9-3)21-38-25-13-11-10-12-24(25)34-35-38/h7,9-13,22-23,26-28,40H,1,3,8,14-21H2,2,4-6H3/t23-,26-,27+,28?,32+,33?/m1/s1. The van der Waals surface area contributed by atoms with Gasteiger partial charge in [0.15, 0.2) is 0 Å². The van der Waals surface area contributed by atoms with E-state index in [0.717, 1.165) is 23.9 Å². The van der Waals surface area contributed by atoms with Crippen molar-refractivity contribution in [2.45, 2.75) is 81.6 Å². The van der Waals surface area contributed by atoms with Crippen LogP contribution in [-0.2, 0) is 21.1 Å². The second kappa shape index (κ2) is 12.7. The molecule has 1 N–H and O–H groups in total. The van der Waals surface area contributed by atoms with Crippen molar-refractivity contribution in [3.8, 4) is 0 Å². The fourth-order valence-corrected chi connectivity index (χ4v) is 10.2. The average molecular weight is 623 g/mol. The minimum Gasteiger partial charge on any atom is -0.394 e. The van der Waals surface area contributed by atoms with E-state index in [1.807, 2.05) is 49.9 Å². The van der Waals surface area contributed by atoms with E-state index in [0.29, 0.717) is 25.9 Å². The molecule has 0 aliphatic carbocycles. The second-order valence-electron chi connectivity index (χ2n) is 13.1. The highest BCUT2D eigenvalue weighted by atomic mass is 32.2. The van der Waals surface area contributed by atoms with E-state index in [1.165, 1.54) is 0 Å². The number of carbonyl (C=O) groups excluding carboxylic acids is 3. The van der Waals surface area contributed by atoms with Crippen LogP contribution in [0.3, 0.4) is 0 Å². The molecular weight excluding hydrogens is 576 g/mol. The van der Waals surface area contributed by atoms with Crippen molar-refractivity contribution in [2.75, 3.05) is 26.2 Å². The summed E-state index contributed by atoms with van der Waals surface area (Å²) in [4.78, 5) is 49.1. The Labute approximate surface area is 264 Å². The van der Waals surface area contributed by atoms with Gasteiger partial charge in [0.05, 0.1) is 34.7 Å². The molecule has 2 bridgehead atoms. The fraction of sp³-hybridized carbons (Fsp3) is 0.606. The smallest absolute Gasteiger partial charge is 0.248 e. The molecule has 44 heavy (non-hydrogen) atoms. The van der Waals surface area contributed by atoms with Gasteiger partial charge in [-0.25, -0.2) is 4.68 Å². The Bertz CT molecular complexity index is 1430. The number of benzene rings is 1. The number of hydrogen-bond donors (Lipinski definition) is 1. The van der Waals surface area contributed by atoms with Gasteiger partial charge in [0.2, 0.25) is 17.7 Å². The van der Waals surface area contributed by atoms with Gasteiger partial charge in [-0.15, -0.1) is 30.0 Å². The lowest BCUT2D eigenvalue weighted by molar-refractivity contribution is -0.148. The molecule has 3 aliphatic rings. The third kappa shape index (κ3) is 5.25. The molecule has 3 saturated heterocycles. The third-order valence-corrected chi connectivity index (χ3v) is 11.6. The maximum Gasteiger partial charge on any atom is 0.248 e. The Hall–Kier alpha value is -3.18. The van der Waals surface area contributed by atoms with E-state index in [9.17, 15) is 19.5 Å². The van der Waals surface area contributed by atoms with Crippen molar-refractivity contribution in [2.24, 2.45) is 17.8 Å². The van der Waals surface area contributed by atoms with Crippen LogP contribution in [0.2, 0.25) is 0 Å². The van der Waals surface area contributed by atoms with Crippen LogP contribution >= 0.6 is 11.8 Å². The van der Waals surface area contributed by atoms with Gasteiger partial charge in [0.1, 0.15) is 18.2 Å². The van der Waals surface area contributed by atoms with Crippen LogP contribution in [0.25, 0.3) is 11.0 Å². The summed E-state index contributed by atoms with van der Waals surface area (Å²) >= 11 is 1.65. The second-order valence-corrected chi connectivity index (χ2v) is 15.0. The first-order valence-corrected chi connectivity index (χ1v) is 16.6. The van der Waals surface area contributed by atoms with Crippen molar-refractivity contribution >= 4 is 40.5 Å². The minimum atomic E-state index is -0.839. The number of aliphatic hydroxyl groups is 1. The van der Waals surface area contributed by atoms with Gasteiger partial charge in [0.25, 0.3) is 0 Å². The van der Waals surface area contributed by atoms with Crippen LogP contribution in [0.1, 0.15) is 53.4 Å². The number of carbonyl (C=O) groups is 3. The molecule has 2 aromatic rings. The van der Waals surface area contributed by atoms with Crippen LogP contribution in [0, 0.1) is 17.8 Å². The Morgan fingerprint density at radius 3 is 2.52 bits per heavy atom. The van der Waals surface area contributed by atoms with Crippen molar-refractivity contribution in [1.29, 1.82) is 0 Å². The molecule has 1 aromatic carbocycles. The molecule has 10 nitrogen and oxygen atoms in total. The maximum absolute atomic E-state index is 14.9. The Morgan fingerprint density at radius 1 is 1.16 bits per heavy atom. The molecule has 6 atom stereocenters.